The first-order valence-corrected chi connectivity index (χ1v) is 12.4. The molecule has 0 heterocycles. The summed E-state index contributed by atoms with van der Waals surface area (Å²) in [7, 11) is 0. The van der Waals surface area contributed by atoms with Crippen molar-refractivity contribution in [3.63, 3.8) is 0 Å². The number of aromatic hydroxyl groups is 2. The van der Waals surface area contributed by atoms with Gasteiger partial charge in [0.2, 0.25) is 11.8 Å². The van der Waals surface area contributed by atoms with Gasteiger partial charge in [-0.3, -0.25) is 9.59 Å². The molecule has 0 aliphatic rings. The van der Waals surface area contributed by atoms with Gasteiger partial charge in [-0.05, 0) is 83.9 Å². The number of carbonyl (C=O) groups excluding carboxylic acids is 3. The molecule has 0 bridgehead atoms. The van der Waals surface area contributed by atoms with E-state index in [9.17, 15) is 24.6 Å². The van der Waals surface area contributed by atoms with Gasteiger partial charge in [-0.1, -0.05) is 24.3 Å². The first-order valence-electron chi connectivity index (χ1n) is 12.4. The van der Waals surface area contributed by atoms with Crippen molar-refractivity contribution in [2.24, 2.45) is 0 Å². The quantitative estimate of drug-likeness (QED) is 0.401. The zero-order valence-electron chi connectivity index (χ0n) is 22.6. The fourth-order valence-corrected chi connectivity index (χ4v) is 3.84. The third kappa shape index (κ3) is 9.00. The Balaban J connectivity index is 2.53. The predicted octanol–water partition coefficient (Wildman–Crippen LogP) is 4.04. The number of ether oxygens (including phenoxy) is 1. The highest BCUT2D eigenvalue weighted by atomic mass is 16.6. The van der Waals surface area contributed by atoms with Crippen LogP contribution in [-0.4, -0.2) is 56.7 Å². The number of nitrogens with one attached hydrogen (secondary N) is 2. The Morgan fingerprint density at radius 3 is 1.84 bits per heavy atom. The van der Waals surface area contributed by atoms with Crippen LogP contribution in [0, 0.1) is 0 Å². The van der Waals surface area contributed by atoms with Gasteiger partial charge in [0.15, 0.2) is 0 Å². The summed E-state index contributed by atoms with van der Waals surface area (Å²) < 4.78 is 5.41. The maximum absolute atomic E-state index is 14.1. The Bertz CT molecular complexity index is 1060. The molecule has 2 rings (SSSR count). The minimum Gasteiger partial charge on any atom is -0.508 e. The van der Waals surface area contributed by atoms with Crippen molar-refractivity contribution in [1.82, 2.24) is 15.5 Å². The fraction of sp³-hybridized carbons (Fsp3) is 0.464. The Labute approximate surface area is 218 Å². The van der Waals surface area contributed by atoms with Crippen LogP contribution in [0.3, 0.4) is 0 Å². The van der Waals surface area contributed by atoms with Crippen molar-refractivity contribution >= 4 is 17.9 Å². The van der Waals surface area contributed by atoms with Crippen LogP contribution < -0.4 is 10.6 Å². The molecule has 9 nitrogen and oxygen atoms in total. The monoisotopic (exact) mass is 513 g/mol. The van der Waals surface area contributed by atoms with Gasteiger partial charge in [0.05, 0.1) is 0 Å². The van der Waals surface area contributed by atoms with E-state index in [0.29, 0.717) is 11.1 Å². The summed E-state index contributed by atoms with van der Waals surface area (Å²) in [5.74, 6) is -0.756. The second-order valence-electron chi connectivity index (χ2n) is 10.6. The summed E-state index contributed by atoms with van der Waals surface area (Å²) in [6.45, 7) is 12.4. The van der Waals surface area contributed by atoms with E-state index in [4.69, 9.17) is 4.74 Å². The van der Waals surface area contributed by atoms with E-state index < -0.39 is 35.7 Å². The zero-order valence-corrected chi connectivity index (χ0v) is 22.6. The van der Waals surface area contributed by atoms with Crippen LogP contribution in [0.1, 0.15) is 65.6 Å². The number of hydrogen-bond acceptors (Lipinski definition) is 6. The van der Waals surface area contributed by atoms with Crippen molar-refractivity contribution in [3.05, 3.63) is 59.7 Å². The van der Waals surface area contributed by atoms with Crippen LogP contribution in [0.2, 0.25) is 0 Å². The summed E-state index contributed by atoms with van der Waals surface area (Å²) in [5, 5.41) is 25.0. The molecule has 0 saturated carbocycles. The molecular formula is C28H39N3O6. The van der Waals surface area contributed by atoms with E-state index in [-0.39, 0.29) is 29.9 Å². The molecule has 37 heavy (non-hydrogen) atoms. The highest BCUT2D eigenvalue weighted by Gasteiger charge is 2.38. The largest absolute Gasteiger partial charge is 0.508 e. The molecule has 2 atom stereocenters. The Morgan fingerprint density at radius 2 is 1.38 bits per heavy atom. The molecule has 2 unspecified atom stereocenters. The Morgan fingerprint density at radius 1 is 0.865 bits per heavy atom. The molecule has 0 radical (unpaired) electrons. The van der Waals surface area contributed by atoms with Gasteiger partial charge in [-0.25, -0.2) is 4.79 Å². The summed E-state index contributed by atoms with van der Waals surface area (Å²) in [4.78, 5) is 41.7. The molecule has 4 N–H and O–H groups in total. The summed E-state index contributed by atoms with van der Waals surface area (Å²) in [6.07, 6.45) is -0.656. The highest BCUT2D eigenvalue weighted by molar-refractivity contribution is 5.92. The number of nitrogens with zero attached hydrogens (tertiary/aromatic N) is 1. The molecular weight excluding hydrogens is 474 g/mol. The van der Waals surface area contributed by atoms with Gasteiger partial charge >= 0.3 is 6.09 Å². The Hall–Kier alpha value is -3.75. The van der Waals surface area contributed by atoms with Crippen LogP contribution in [0.4, 0.5) is 4.79 Å². The summed E-state index contributed by atoms with van der Waals surface area (Å²) in [5.41, 5.74) is 0.432. The molecule has 0 aliphatic heterocycles. The van der Waals surface area contributed by atoms with E-state index in [1.807, 2.05) is 13.8 Å². The number of carbonyl (C=O) groups is 3. The predicted molar refractivity (Wildman–Crippen MR) is 141 cm³/mol. The second kappa shape index (κ2) is 12.5. The van der Waals surface area contributed by atoms with Crippen molar-refractivity contribution in [2.75, 3.05) is 0 Å². The maximum Gasteiger partial charge on any atom is 0.408 e. The molecule has 0 spiro atoms. The minimum atomic E-state index is -1.06. The molecule has 2 aromatic rings. The standard InChI is InChI=1S/C28H39N3O6/c1-17(2)29-25(34)24(20-10-14-22(33)15-11-20)31(18(3)4)26(35)23(30-27(36)37-28(5,6)7)16-19-8-12-21(32)13-9-19/h8-15,17-18,23-24,32-33H,16H2,1-7H3,(H,29,34)(H,30,36). The van der Waals surface area contributed by atoms with Crippen LogP contribution in [0.5, 0.6) is 11.5 Å². The SMILES string of the molecule is CC(C)NC(=O)C(c1ccc(O)cc1)N(C(=O)C(Cc1ccc(O)cc1)NC(=O)OC(C)(C)C)C(C)C. The number of amides is 3. The average molecular weight is 514 g/mol. The lowest BCUT2D eigenvalue weighted by molar-refractivity contribution is -0.144. The maximum atomic E-state index is 14.1. The smallest absolute Gasteiger partial charge is 0.408 e. The van der Waals surface area contributed by atoms with Crippen molar-refractivity contribution in [2.45, 2.75) is 84.7 Å². The van der Waals surface area contributed by atoms with E-state index >= 15 is 0 Å². The van der Waals surface area contributed by atoms with E-state index in [2.05, 4.69) is 10.6 Å². The fourth-order valence-electron chi connectivity index (χ4n) is 3.84. The van der Waals surface area contributed by atoms with Crippen LogP contribution in [0.15, 0.2) is 48.5 Å². The molecule has 0 aromatic heterocycles. The topological polar surface area (TPSA) is 128 Å². The molecule has 0 fully saturated rings. The van der Waals surface area contributed by atoms with Gasteiger partial charge in [-0.2, -0.15) is 0 Å². The number of rotatable bonds is 9. The van der Waals surface area contributed by atoms with Gasteiger partial charge in [0.1, 0.15) is 29.2 Å². The molecule has 3 amide bonds. The molecule has 2 aromatic carbocycles. The van der Waals surface area contributed by atoms with Gasteiger partial charge in [0.25, 0.3) is 0 Å². The number of hydrogen-bond donors (Lipinski definition) is 4. The molecule has 0 saturated heterocycles. The minimum absolute atomic E-state index is 0.0333. The summed E-state index contributed by atoms with van der Waals surface area (Å²) in [6, 6.07) is 9.76. The van der Waals surface area contributed by atoms with Crippen molar-refractivity contribution < 1.29 is 29.3 Å². The lowest BCUT2D eigenvalue weighted by Crippen LogP contribution is -2.56. The van der Waals surface area contributed by atoms with E-state index in [1.165, 1.54) is 29.2 Å². The molecule has 202 valence electrons. The average Bonchev–Trinajstić information content (AvgIpc) is 2.76. The first kappa shape index (κ1) is 29.5. The normalized spacial score (nSPS) is 13.1. The lowest BCUT2D eigenvalue weighted by atomic mass is 9.98. The number of benzene rings is 2. The van der Waals surface area contributed by atoms with Gasteiger partial charge in [0, 0.05) is 18.5 Å². The second-order valence-corrected chi connectivity index (χ2v) is 10.6. The zero-order chi connectivity index (χ0) is 27.9. The molecule has 0 aliphatic carbocycles. The van der Waals surface area contributed by atoms with Crippen LogP contribution in [-0.2, 0) is 20.7 Å². The van der Waals surface area contributed by atoms with Crippen molar-refractivity contribution in [3.8, 4) is 11.5 Å². The van der Waals surface area contributed by atoms with E-state index in [0.717, 1.165) is 0 Å². The van der Waals surface area contributed by atoms with Gasteiger partial charge < -0.3 is 30.5 Å². The van der Waals surface area contributed by atoms with Crippen LogP contribution in [0.25, 0.3) is 0 Å². The van der Waals surface area contributed by atoms with Gasteiger partial charge in [-0.15, -0.1) is 0 Å². The molecule has 9 heteroatoms. The number of alkyl carbamates (subject to hydrolysis) is 1. The van der Waals surface area contributed by atoms with Crippen LogP contribution >= 0.6 is 0 Å². The van der Waals surface area contributed by atoms with E-state index in [1.54, 1.807) is 58.9 Å². The highest BCUT2D eigenvalue weighted by Crippen LogP contribution is 2.27. The third-order valence-corrected chi connectivity index (χ3v) is 5.34. The lowest BCUT2D eigenvalue weighted by Gasteiger charge is -2.37. The number of phenolic OH excluding ortho intramolecular Hbond substituents is 2. The third-order valence-electron chi connectivity index (χ3n) is 5.34. The Kier molecular flexibility index (Phi) is 9.94. The number of phenols is 2. The summed E-state index contributed by atoms with van der Waals surface area (Å²) >= 11 is 0. The first-order chi connectivity index (χ1) is 17.2. The van der Waals surface area contributed by atoms with Crippen molar-refractivity contribution in [1.29, 1.82) is 0 Å².